The van der Waals surface area contributed by atoms with E-state index in [1.54, 1.807) is 6.07 Å². The van der Waals surface area contributed by atoms with E-state index in [4.69, 9.17) is 4.74 Å². The van der Waals surface area contributed by atoms with E-state index in [0.29, 0.717) is 42.8 Å². The first-order chi connectivity index (χ1) is 23.7. The van der Waals surface area contributed by atoms with Gasteiger partial charge in [0.1, 0.15) is 11.6 Å². The highest BCUT2D eigenvalue weighted by Gasteiger charge is 2.46. The quantitative estimate of drug-likeness (QED) is 0.255. The predicted molar refractivity (Wildman–Crippen MR) is 173 cm³/mol. The normalized spacial score (nSPS) is 16.5. The molecule has 2 saturated heterocycles. The van der Waals surface area contributed by atoms with E-state index in [0.717, 1.165) is 24.4 Å². The summed E-state index contributed by atoms with van der Waals surface area (Å²) in [6.07, 6.45) is -4.02. The number of fused-ring (bicyclic) bond motifs is 1. The number of hydrogen-bond donors (Lipinski definition) is 2. The van der Waals surface area contributed by atoms with E-state index < -0.39 is 51.3 Å². The number of likely N-dealkylation sites (N-methyl/N-ethyl adjacent to an activating group) is 1. The van der Waals surface area contributed by atoms with Crippen LogP contribution in [0.3, 0.4) is 0 Å². The van der Waals surface area contributed by atoms with Crippen molar-refractivity contribution in [2.45, 2.75) is 35.7 Å². The number of carbonyl (C=O) groups is 2. The third kappa shape index (κ3) is 7.56. The minimum absolute atomic E-state index is 0.0353. The van der Waals surface area contributed by atoms with Gasteiger partial charge in [-0.3, -0.25) is 14.7 Å². The summed E-state index contributed by atoms with van der Waals surface area (Å²) in [6.45, 7) is 2.77. The van der Waals surface area contributed by atoms with Crippen LogP contribution in [0.5, 0.6) is 0 Å². The first-order valence-corrected chi connectivity index (χ1v) is 17.2. The largest absolute Gasteiger partial charge is 0.471 e. The second-order valence-electron chi connectivity index (χ2n) is 12.1. The maximum Gasteiger partial charge on any atom is 0.471 e. The summed E-state index contributed by atoms with van der Waals surface area (Å²) >= 11 is 0. The zero-order valence-corrected chi connectivity index (χ0v) is 27.5. The van der Waals surface area contributed by atoms with Crippen molar-refractivity contribution in [3.05, 3.63) is 71.4 Å². The maximum absolute atomic E-state index is 14.1. The lowest BCUT2D eigenvalue weighted by molar-refractivity contribution is -0.171. The van der Waals surface area contributed by atoms with Crippen LogP contribution in [-0.4, -0.2) is 99.0 Å². The Morgan fingerprint density at radius 2 is 1.70 bits per heavy atom. The van der Waals surface area contributed by atoms with E-state index in [1.165, 1.54) is 12.1 Å². The molecule has 4 aromatic rings. The van der Waals surface area contributed by atoms with Gasteiger partial charge < -0.3 is 24.8 Å². The SMILES string of the molecule is CN1CCN(c2ccc(C(=O)Nc3n[nH]c4ncc(S(=O)(=O)Cc5cc(F)cc(F)c5)cc34)c(N(C(=O)C(F)(F)F)C3CCOCC3)c2)CC1. The smallest absolute Gasteiger partial charge is 0.381 e. The van der Waals surface area contributed by atoms with Gasteiger partial charge >= 0.3 is 12.1 Å². The standard InChI is InChI=1S/C32H32F5N7O5S/c1-42-6-8-43(9-7-42)23-2-3-25(27(15-23)44(31(46)32(35,36)37)22-4-10-49-11-5-22)30(45)39-29-26-16-24(17-38-28(26)40-41-29)50(47,48)18-19-12-20(33)14-21(34)13-19/h2-3,12-17,22H,4-11,18H2,1H3,(H2,38,39,40,41,45). The van der Waals surface area contributed by atoms with Crippen molar-refractivity contribution in [1.82, 2.24) is 20.1 Å². The molecule has 2 aromatic carbocycles. The number of benzene rings is 2. The van der Waals surface area contributed by atoms with Crippen LogP contribution in [0.2, 0.25) is 0 Å². The second-order valence-corrected chi connectivity index (χ2v) is 14.1. The van der Waals surface area contributed by atoms with Crippen LogP contribution in [-0.2, 0) is 25.1 Å². The number of carbonyl (C=O) groups excluding carboxylic acids is 2. The van der Waals surface area contributed by atoms with Crippen molar-refractivity contribution in [2.24, 2.45) is 0 Å². The topological polar surface area (TPSA) is 141 Å². The third-order valence-corrected chi connectivity index (χ3v) is 10.3. The highest BCUT2D eigenvalue weighted by atomic mass is 32.2. The van der Waals surface area contributed by atoms with Crippen molar-refractivity contribution < 1.29 is 44.7 Å². The van der Waals surface area contributed by atoms with Crippen molar-refractivity contribution in [2.75, 3.05) is 61.6 Å². The lowest BCUT2D eigenvalue weighted by Gasteiger charge is -2.37. The van der Waals surface area contributed by atoms with Crippen molar-refractivity contribution in [1.29, 1.82) is 0 Å². The predicted octanol–water partition coefficient (Wildman–Crippen LogP) is 4.29. The summed E-state index contributed by atoms with van der Waals surface area (Å²) in [6, 6.07) is 6.96. The molecule has 50 heavy (non-hydrogen) atoms. The highest BCUT2D eigenvalue weighted by molar-refractivity contribution is 7.90. The van der Waals surface area contributed by atoms with E-state index >= 15 is 0 Å². The summed E-state index contributed by atoms with van der Waals surface area (Å²) < 4.78 is 102. The minimum atomic E-state index is -5.25. The van der Waals surface area contributed by atoms with Gasteiger partial charge in [0, 0.05) is 63.4 Å². The number of aromatic nitrogens is 3. The molecular weight excluding hydrogens is 689 g/mol. The molecule has 4 heterocycles. The van der Waals surface area contributed by atoms with Gasteiger partial charge in [0.05, 0.1) is 27.3 Å². The number of nitrogens with zero attached hydrogens (tertiary/aromatic N) is 5. The van der Waals surface area contributed by atoms with Crippen LogP contribution in [0, 0.1) is 11.6 Å². The fourth-order valence-corrected chi connectivity index (χ4v) is 7.33. The number of H-pyrrole nitrogens is 1. The molecule has 2 aliphatic heterocycles. The Morgan fingerprint density at radius 3 is 2.36 bits per heavy atom. The molecule has 0 bridgehead atoms. The Morgan fingerprint density at radius 1 is 1.02 bits per heavy atom. The lowest BCUT2D eigenvalue weighted by atomic mass is 10.0. The molecule has 0 aliphatic carbocycles. The third-order valence-electron chi connectivity index (χ3n) is 8.63. The number of halogens is 5. The maximum atomic E-state index is 14.1. The molecule has 6 rings (SSSR count). The average Bonchev–Trinajstić information content (AvgIpc) is 3.46. The molecule has 18 heteroatoms. The van der Waals surface area contributed by atoms with Gasteiger partial charge in [-0.05, 0) is 61.9 Å². The van der Waals surface area contributed by atoms with Crippen LogP contribution in [0.4, 0.5) is 39.1 Å². The van der Waals surface area contributed by atoms with Gasteiger partial charge in [0.25, 0.3) is 5.91 Å². The van der Waals surface area contributed by atoms with Gasteiger partial charge in [-0.1, -0.05) is 0 Å². The molecule has 266 valence electrons. The van der Waals surface area contributed by atoms with Gasteiger partial charge in [0.2, 0.25) is 0 Å². The number of rotatable bonds is 8. The second kappa shape index (κ2) is 13.9. The van der Waals surface area contributed by atoms with Crippen LogP contribution < -0.4 is 15.1 Å². The van der Waals surface area contributed by atoms with Gasteiger partial charge in [0.15, 0.2) is 21.3 Å². The van der Waals surface area contributed by atoms with Gasteiger partial charge in [-0.25, -0.2) is 22.2 Å². The zero-order valence-electron chi connectivity index (χ0n) is 26.6. The number of nitrogens with one attached hydrogen (secondary N) is 2. The first kappa shape index (κ1) is 35.2. The Labute approximate surface area is 283 Å². The van der Waals surface area contributed by atoms with Crippen molar-refractivity contribution in [3.63, 3.8) is 0 Å². The van der Waals surface area contributed by atoms with Crippen LogP contribution >= 0.6 is 0 Å². The van der Waals surface area contributed by atoms with Gasteiger partial charge in [-0.15, -0.1) is 0 Å². The Bertz CT molecular complexity index is 2010. The highest BCUT2D eigenvalue weighted by Crippen LogP contribution is 2.35. The van der Waals surface area contributed by atoms with Gasteiger partial charge in [-0.2, -0.15) is 18.3 Å². The van der Waals surface area contributed by atoms with Crippen molar-refractivity contribution >= 4 is 49.9 Å². The summed E-state index contributed by atoms with van der Waals surface area (Å²) in [5, 5.41) is 9.15. The molecule has 2 aliphatic rings. The number of hydrogen-bond acceptors (Lipinski definition) is 9. The molecule has 2 N–H and O–H groups in total. The molecule has 0 radical (unpaired) electrons. The fourth-order valence-electron chi connectivity index (χ4n) is 6.05. The lowest BCUT2D eigenvalue weighted by Crippen LogP contribution is -2.50. The number of amides is 2. The fraction of sp³-hybridized carbons (Fsp3) is 0.375. The van der Waals surface area contributed by atoms with E-state index in [9.17, 15) is 40.0 Å². The number of piperazine rings is 1. The molecule has 0 saturated carbocycles. The number of aromatic amines is 1. The van der Waals surface area contributed by atoms with E-state index in [-0.39, 0.29) is 64.6 Å². The Kier molecular flexibility index (Phi) is 9.78. The number of ether oxygens (including phenoxy) is 1. The molecule has 2 aromatic heterocycles. The first-order valence-electron chi connectivity index (χ1n) is 15.6. The Balaban J connectivity index is 1.37. The van der Waals surface area contributed by atoms with E-state index in [2.05, 4.69) is 25.4 Å². The molecule has 12 nitrogen and oxygen atoms in total. The summed E-state index contributed by atoms with van der Waals surface area (Å²) in [5.74, 6) is -5.91. The number of sulfone groups is 1. The monoisotopic (exact) mass is 721 g/mol. The number of alkyl halides is 3. The van der Waals surface area contributed by atoms with Crippen molar-refractivity contribution in [3.8, 4) is 0 Å². The summed E-state index contributed by atoms with van der Waals surface area (Å²) in [7, 11) is -2.26. The molecule has 0 spiro atoms. The van der Waals surface area contributed by atoms with Crippen LogP contribution in [0.25, 0.3) is 11.0 Å². The molecular formula is C32H32F5N7O5S. The zero-order chi connectivity index (χ0) is 35.8. The number of anilines is 3. The molecule has 0 unspecified atom stereocenters. The average molecular weight is 722 g/mol. The molecule has 2 amide bonds. The van der Waals surface area contributed by atoms with E-state index in [1.807, 2.05) is 11.9 Å². The van der Waals surface area contributed by atoms with Crippen LogP contribution in [0.1, 0.15) is 28.8 Å². The Hall–Kier alpha value is -4.68. The van der Waals surface area contributed by atoms with Crippen LogP contribution in [0.15, 0.2) is 53.6 Å². The molecule has 2 fully saturated rings. The summed E-state index contributed by atoms with van der Waals surface area (Å²) in [5.41, 5.74) is -0.0556. The summed E-state index contributed by atoms with van der Waals surface area (Å²) in [4.78, 5) is 35.4. The molecule has 0 atom stereocenters. The number of pyridine rings is 1. The minimum Gasteiger partial charge on any atom is -0.381 e.